The molecule has 4 nitrogen and oxygen atoms in total. The van der Waals surface area contributed by atoms with Crippen molar-refractivity contribution in [2.24, 2.45) is 0 Å². The lowest BCUT2D eigenvalue weighted by atomic mass is 9.89. The quantitative estimate of drug-likeness (QED) is 0.597. The van der Waals surface area contributed by atoms with E-state index in [0.717, 1.165) is 29.8 Å². The highest BCUT2D eigenvalue weighted by Gasteiger charge is 2.32. The largest absolute Gasteiger partial charge is 0.306 e. The summed E-state index contributed by atoms with van der Waals surface area (Å²) in [6, 6.07) is 30.3. The van der Waals surface area contributed by atoms with Gasteiger partial charge in [0.15, 0.2) is 11.1 Å². The van der Waals surface area contributed by atoms with Crippen molar-refractivity contribution in [2.45, 2.75) is 6.04 Å². The summed E-state index contributed by atoms with van der Waals surface area (Å²) in [5.41, 5.74) is 5.86. The van der Waals surface area contributed by atoms with Gasteiger partial charge in [-0.05, 0) is 40.0 Å². The lowest BCUT2D eigenvalue weighted by Gasteiger charge is -2.42. The van der Waals surface area contributed by atoms with Gasteiger partial charge in [-0.25, -0.2) is 4.21 Å². The molecule has 0 amide bonds. The Morgan fingerprint density at radius 1 is 0.967 bits per heavy atom. The maximum absolute atomic E-state index is 11.6. The summed E-state index contributed by atoms with van der Waals surface area (Å²) in [6.07, 6.45) is 0. The van der Waals surface area contributed by atoms with Gasteiger partial charge in [-0.1, -0.05) is 72.8 Å². The smallest absolute Gasteiger partial charge is 0.157 e. The van der Waals surface area contributed by atoms with E-state index in [0.29, 0.717) is 5.56 Å². The molecule has 1 aliphatic heterocycles. The van der Waals surface area contributed by atoms with Crippen LogP contribution in [0, 0.1) is 11.3 Å². The topological polar surface area (TPSA) is 64.3 Å². The molecule has 3 aromatic carbocycles. The lowest BCUT2D eigenvalue weighted by Crippen LogP contribution is -2.44. The third-order valence-electron chi connectivity index (χ3n) is 5.42. The standard InChI is InChI=1S/C25H22N2O2S/c26-15-19-8-7-13-22(14-19)24(18-30(28)29)23-16-27(17-23)25(20-9-3-1-4-10-20)21-11-5-2-6-12-21/h1-14,25H,16-18H2,(H,28,29). The molecular formula is C25H22N2O2S. The number of nitrogens with zero attached hydrogens (tertiary/aromatic N) is 2. The number of rotatable bonds is 6. The maximum atomic E-state index is 11.6. The van der Waals surface area contributed by atoms with Gasteiger partial charge in [0.05, 0.1) is 23.4 Å². The van der Waals surface area contributed by atoms with Crippen molar-refractivity contribution in [1.82, 2.24) is 4.90 Å². The Morgan fingerprint density at radius 3 is 2.10 bits per heavy atom. The fourth-order valence-corrected chi connectivity index (χ4v) is 4.61. The fraction of sp³-hybridized carbons (Fsp3) is 0.160. The molecule has 0 radical (unpaired) electrons. The molecule has 0 aliphatic carbocycles. The molecule has 1 fully saturated rings. The summed E-state index contributed by atoms with van der Waals surface area (Å²) >= 11 is -1.95. The minimum absolute atomic E-state index is 0.0688. The molecule has 5 heteroatoms. The van der Waals surface area contributed by atoms with E-state index >= 15 is 0 Å². The summed E-state index contributed by atoms with van der Waals surface area (Å²) in [5.74, 6) is 0.0688. The van der Waals surface area contributed by atoms with E-state index in [1.807, 2.05) is 24.3 Å². The monoisotopic (exact) mass is 414 g/mol. The van der Waals surface area contributed by atoms with Crippen molar-refractivity contribution in [1.29, 1.82) is 5.26 Å². The van der Waals surface area contributed by atoms with Crippen LogP contribution < -0.4 is 0 Å². The summed E-state index contributed by atoms with van der Waals surface area (Å²) in [4.78, 5) is 2.37. The highest BCUT2D eigenvalue weighted by atomic mass is 32.2. The van der Waals surface area contributed by atoms with Gasteiger partial charge in [-0.2, -0.15) is 5.26 Å². The van der Waals surface area contributed by atoms with Crippen LogP contribution in [0.3, 0.4) is 0 Å². The van der Waals surface area contributed by atoms with Crippen LogP contribution >= 0.6 is 0 Å². The molecule has 1 N–H and O–H groups in total. The van der Waals surface area contributed by atoms with Gasteiger partial charge in [0.25, 0.3) is 0 Å². The van der Waals surface area contributed by atoms with Gasteiger partial charge in [0.1, 0.15) is 0 Å². The van der Waals surface area contributed by atoms with Crippen LogP contribution in [0.4, 0.5) is 0 Å². The number of hydrogen-bond acceptors (Lipinski definition) is 3. The molecule has 1 unspecified atom stereocenters. The number of likely N-dealkylation sites (tertiary alicyclic amines) is 1. The molecule has 0 aromatic heterocycles. The van der Waals surface area contributed by atoms with Crippen molar-refractivity contribution in [2.75, 3.05) is 18.8 Å². The lowest BCUT2D eigenvalue weighted by molar-refractivity contribution is 0.202. The molecule has 0 saturated carbocycles. The molecule has 1 atom stereocenters. The van der Waals surface area contributed by atoms with Crippen LogP contribution in [0.5, 0.6) is 0 Å². The minimum atomic E-state index is -1.95. The Bertz CT molecular complexity index is 1070. The van der Waals surface area contributed by atoms with Crippen molar-refractivity contribution >= 4 is 16.7 Å². The van der Waals surface area contributed by atoms with Gasteiger partial charge in [-0.15, -0.1) is 0 Å². The van der Waals surface area contributed by atoms with E-state index in [-0.39, 0.29) is 11.8 Å². The van der Waals surface area contributed by atoms with Crippen molar-refractivity contribution in [3.8, 4) is 6.07 Å². The molecular weight excluding hydrogens is 392 g/mol. The minimum Gasteiger partial charge on any atom is -0.306 e. The number of nitriles is 1. The summed E-state index contributed by atoms with van der Waals surface area (Å²) in [6.45, 7) is 1.44. The fourth-order valence-electron chi connectivity index (χ4n) is 3.99. The van der Waals surface area contributed by atoms with E-state index < -0.39 is 11.1 Å². The Kier molecular flexibility index (Phi) is 6.20. The van der Waals surface area contributed by atoms with Crippen LogP contribution in [-0.4, -0.2) is 32.5 Å². The van der Waals surface area contributed by atoms with Crippen molar-refractivity contribution in [3.05, 3.63) is 113 Å². The molecule has 30 heavy (non-hydrogen) atoms. The zero-order valence-corrected chi connectivity index (χ0v) is 17.3. The predicted molar refractivity (Wildman–Crippen MR) is 120 cm³/mol. The molecule has 4 rings (SSSR count). The van der Waals surface area contributed by atoms with Crippen LogP contribution in [0.1, 0.15) is 28.3 Å². The van der Waals surface area contributed by atoms with Gasteiger partial charge < -0.3 is 4.55 Å². The van der Waals surface area contributed by atoms with Crippen molar-refractivity contribution < 1.29 is 8.76 Å². The van der Waals surface area contributed by atoms with Crippen LogP contribution in [0.2, 0.25) is 0 Å². The van der Waals surface area contributed by atoms with E-state index in [1.165, 1.54) is 11.1 Å². The van der Waals surface area contributed by atoms with Gasteiger partial charge in [0, 0.05) is 13.1 Å². The summed E-state index contributed by atoms with van der Waals surface area (Å²) in [7, 11) is 0. The van der Waals surface area contributed by atoms with Crippen molar-refractivity contribution in [3.63, 3.8) is 0 Å². The van der Waals surface area contributed by atoms with Gasteiger partial charge in [0.2, 0.25) is 0 Å². The van der Waals surface area contributed by atoms with Crippen LogP contribution in [0.25, 0.3) is 5.57 Å². The van der Waals surface area contributed by atoms with E-state index in [9.17, 15) is 14.0 Å². The van der Waals surface area contributed by atoms with E-state index in [2.05, 4.69) is 59.5 Å². The second kappa shape index (κ2) is 9.19. The normalized spacial score (nSPS) is 14.8. The second-order valence-electron chi connectivity index (χ2n) is 7.37. The molecule has 0 spiro atoms. The van der Waals surface area contributed by atoms with Gasteiger partial charge in [-0.3, -0.25) is 4.90 Å². The maximum Gasteiger partial charge on any atom is 0.157 e. The first kappa shape index (κ1) is 20.2. The second-order valence-corrected chi connectivity index (χ2v) is 8.30. The third kappa shape index (κ3) is 4.42. The molecule has 1 heterocycles. The van der Waals surface area contributed by atoms with E-state index in [1.54, 1.807) is 12.1 Å². The Labute approximate surface area is 179 Å². The Balaban J connectivity index is 1.67. The summed E-state index contributed by atoms with van der Waals surface area (Å²) < 4.78 is 21.2. The molecule has 3 aromatic rings. The highest BCUT2D eigenvalue weighted by Crippen LogP contribution is 2.36. The zero-order chi connectivity index (χ0) is 20.9. The van der Waals surface area contributed by atoms with Crippen LogP contribution in [-0.2, 0) is 11.1 Å². The summed E-state index contributed by atoms with van der Waals surface area (Å²) in [5, 5.41) is 9.22. The highest BCUT2D eigenvalue weighted by molar-refractivity contribution is 7.79. The van der Waals surface area contributed by atoms with E-state index in [4.69, 9.17) is 0 Å². The number of benzene rings is 3. The predicted octanol–water partition coefficient (Wildman–Crippen LogP) is 4.64. The SMILES string of the molecule is N#Cc1cccc(C(CS(=O)O)=C2CN(C(c3ccccc3)c3ccccc3)C2)c1. The molecule has 0 bridgehead atoms. The Hall–Kier alpha value is -3.04. The third-order valence-corrected chi connectivity index (χ3v) is 5.95. The van der Waals surface area contributed by atoms with Crippen LogP contribution in [0.15, 0.2) is 90.5 Å². The average molecular weight is 415 g/mol. The first-order valence-electron chi connectivity index (χ1n) is 9.78. The molecule has 1 saturated heterocycles. The molecule has 1 aliphatic rings. The first-order valence-corrected chi connectivity index (χ1v) is 11.1. The molecule has 150 valence electrons. The average Bonchev–Trinajstić information content (AvgIpc) is 2.76. The first-order chi connectivity index (χ1) is 14.7. The Morgan fingerprint density at radius 2 is 1.57 bits per heavy atom. The number of hydrogen-bond donors (Lipinski definition) is 1. The van der Waals surface area contributed by atoms with Gasteiger partial charge >= 0.3 is 0 Å². The zero-order valence-electron chi connectivity index (χ0n) is 16.4.